The molecule has 0 heterocycles. The van der Waals surface area contributed by atoms with Gasteiger partial charge in [-0.3, -0.25) is 0 Å². The molecule has 0 aromatic carbocycles. The molecule has 1 aliphatic rings. The number of allylic oxidation sites excluding steroid dienone is 3. The number of nitrogens with zero attached hydrogens (tertiary/aromatic N) is 1. The molecule has 1 rings (SSSR count). The molecule has 0 amide bonds. The first-order valence-corrected chi connectivity index (χ1v) is 3.73. The van der Waals surface area contributed by atoms with Gasteiger partial charge in [-0.1, -0.05) is 18.2 Å². The monoisotopic (exact) mass is 155 g/mol. The molecule has 0 saturated carbocycles. The van der Waals surface area contributed by atoms with Crippen LogP contribution >= 0.6 is 0 Å². The summed E-state index contributed by atoms with van der Waals surface area (Å²) in [5, 5.41) is 8.46. The smallest absolute Gasteiger partial charge is 0.0647 e. The average molecular weight is 155 g/mol. The Bertz CT molecular complexity index is 145. The fourth-order valence-electron chi connectivity index (χ4n) is 0.609. The van der Waals surface area contributed by atoms with Crippen LogP contribution in [0.25, 0.3) is 0 Å². The molecule has 64 valence electrons. The zero-order valence-corrected chi connectivity index (χ0v) is 7.54. The lowest BCUT2D eigenvalue weighted by Crippen LogP contribution is -1.99. The maximum Gasteiger partial charge on any atom is 0.0647 e. The third-order valence-electron chi connectivity index (χ3n) is 1.05. The molecular weight excluding hydrogens is 138 g/mol. The Morgan fingerprint density at radius 1 is 1.45 bits per heavy atom. The molecular formula is C9H17NO. The van der Waals surface area contributed by atoms with Crippen molar-refractivity contribution in [2.24, 2.45) is 0 Å². The van der Waals surface area contributed by atoms with Crippen LogP contribution in [-0.2, 0) is 0 Å². The standard InChI is InChI=1S/C6H8O.C3H9N/c7-5-6-3-1-2-4-6;1-4(2)3/h1-3,7H,4-5H2;1-3H3. The summed E-state index contributed by atoms with van der Waals surface area (Å²) in [5.74, 6) is 0. The van der Waals surface area contributed by atoms with Gasteiger partial charge < -0.3 is 10.0 Å². The predicted molar refractivity (Wildman–Crippen MR) is 48.5 cm³/mol. The van der Waals surface area contributed by atoms with E-state index in [0.717, 1.165) is 12.0 Å². The molecule has 0 atom stereocenters. The molecule has 0 aromatic rings. The normalized spacial score (nSPS) is 14.5. The molecule has 11 heavy (non-hydrogen) atoms. The molecule has 0 spiro atoms. The van der Waals surface area contributed by atoms with E-state index in [0.29, 0.717) is 0 Å². The SMILES string of the molecule is CN(C)C.OCC1=CC=CC1. The number of hydrogen-bond acceptors (Lipinski definition) is 2. The second-order valence-corrected chi connectivity index (χ2v) is 2.96. The van der Waals surface area contributed by atoms with E-state index >= 15 is 0 Å². The first kappa shape index (κ1) is 10.4. The minimum absolute atomic E-state index is 0.215. The number of rotatable bonds is 1. The highest BCUT2D eigenvalue weighted by Crippen LogP contribution is 2.07. The van der Waals surface area contributed by atoms with Gasteiger partial charge in [0.2, 0.25) is 0 Å². The van der Waals surface area contributed by atoms with E-state index in [1.54, 1.807) is 0 Å². The van der Waals surface area contributed by atoms with Crippen LogP contribution < -0.4 is 0 Å². The highest BCUT2D eigenvalue weighted by molar-refractivity contribution is 5.22. The molecule has 0 aromatic heterocycles. The van der Waals surface area contributed by atoms with E-state index in [2.05, 4.69) is 0 Å². The van der Waals surface area contributed by atoms with Crippen LogP contribution in [0.1, 0.15) is 6.42 Å². The average Bonchev–Trinajstić information content (AvgIpc) is 2.36. The lowest BCUT2D eigenvalue weighted by Gasteiger charge is -1.90. The van der Waals surface area contributed by atoms with Gasteiger partial charge >= 0.3 is 0 Å². The van der Waals surface area contributed by atoms with Crippen molar-refractivity contribution in [1.29, 1.82) is 0 Å². The summed E-state index contributed by atoms with van der Waals surface area (Å²) < 4.78 is 0. The maximum atomic E-state index is 8.46. The van der Waals surface area contributed by atoms with Gasteiger partial charge in [0.15, 0.2) is 0 Å². The molecule has 2 heteroatoms. The van der Waals surface area contributed by atoms with Crippen LogP contribution in [-0.4, -0.2) is 37.8 Å². The summed E-state index contributed by atoms with van der Waals surface area (Å²) in [4.78, 5) is 2.00. The Balaban J connectivity index is 0.000000218. The maximum absolute atomic E-state index is 8.46. The van der Waals surface area contributed by atoms with Crippen molar-refractivity contribution in [2.45, 2.75) is 6.42 Å². The Labute approximate surface area is 68.8 Å². The van der Waals surface area contributed by atoms with Crippen LogP contribution in [0.5, 0.6) is 0 Å². The van der Waals surface area contributed by atoms with Crippen molar-refractivity contribution in [2.75, 3.05) is 27.7 Å². The molecule has 0 bridgehead atoms. The quantitative estimate of drug-likeness (QED) is 0.611. The van der Waals surface area contributed by atoms with Gasteiger partial charge in [-0.05, 0) is 33.1 Å². The molecule has 0 radical (unpaired) electrons. The molecule has 2 nitrogen and oxygen atoms in total. The van der Waals surface area contributed by atoms with Gasteiger partial charge in [0, 0.05) is 0 Å². The van der Waals surface area contributed by atoms with Crippen LogP contribution in [0.15, 0.2) is 23.8 Å². The summed E-state index contributed by atoms with van der Waals surface area (Å²) in [6.07, 6.45) is 6.88. The van der Waals surface area contributed by atoms with E-state index in [4.69, 9.17) is 5.11 Å². The lowest BCUT2D eigenvalue weighted by atomic mass is 10.3. The first-order chi connectivity index (χ1) is 5.16. The molecule has 0 unspecified atom stereocenters. The van der Waals surface area contributed by atoms with Crippen molar-refractivity contribution in [1.82, 2.24) is 4.90 Å². The molecule has 1 aliphatic carbocycles. The minimum Gasteiger partial charge on any atom is -0.392 e. The molecule has 1 N–H and O–H groups in total. The van der Waals surface area contributed by atoms with Crippen molar-refractivity contribution in [3.63, 3.8) is 0 Å². The van der Waals surface area contributed by atoms with E-state index in [1.807, 2.05) is 44.3 Å². The summed E-state index contributed by atoms with van der Waals surface area (Å²) in [6, 6.07) is 0. The topological polar surface area (TPSA) is 23.5 Å². The predicted octanol–water partition coefficient (Wildman–Crippen LogP) is 1.04. The zero-order valence-electron chi connectivity index (χ0n) is 7.54. The van der Waals surface area contributed by atoms with E-state index in [1.165, 1.54) is 0 Å². The number of hydrogen-bond donors (Lipinski definition) is 1. The Kier molecular flexibility index (Phi) is 5.80. The fraction of sp³-hybridized carbons (Fsp3) is 0.556. The first-order valence-electron chi connectivity index (χ1n) is 3.73. The Hall–Kier alpha value is -0.600. The zero-order chi connectivity index (χ0) is 8.69. The van der Waals surface area contributed by atoms with Gasteiger partial charge in [0.05, 0.1) is 6.61 Å². The van der Waals surface area contributed by atoms with Crippen LogP contribution in [0.3, 0.4) is 0 Å². The molecule has 0 aliphatic heterocycles. The lowest BCUT2D eigenvalue weighted by molar-refractivity contribution is 0.329. The van der Waals surface area contributed by atoms with Gasteiger partial charge in [-0.25, -0.2) is 0 Å². The number of aliphatic hydroxyl groups excluding tert-OH is 1. The Morgan fingerprint density at radius 3 is 2.18 bits per heavy atom. The van der Waals surface area contributed by atoms with Crippen molar-refractivity contribution < 1.29 is 5.11 Å². The summed E-state index contributed by atoms with van der Waals surface area (Å²) >= 11 is 0. The van der Waals surface area contributed by atoms with Crippen LogP contribution in [0, 0.1) is 0 Å². The van der Waals surface area contributed by atoms with Gasteiger partial charge in [0.1, 0.15) is 0 Å². The highest BCUT2D eigenvalue weighted by atomic mass is 16.3. The summed E-state index contributed by atoms with van der Waals surface area (Å²) in [6.45, 7) is 0.215. The minimum atomic E-state index is 0.215. The van der Waals surface area contributed by atoms with Crippen LogP contribution in [0.2, 0.25) is 0 Å². The van der Waals surface area contributed by atoms with E-state index < -0.39 is 0 Å². The summed E-state index contributed by atoms with van der Waals surface area (Å²) in [5.41, 5.74) is 1.11. The van der Waals surface area contributed by atoms with Crippen molar-refractivity contribution in [3.05, 3.63) is 23.8 Å². The Morgan fingerprint density at radius 2 is 2.00 bits per heavy atom. The van der Waals surface area contributed by atoms with Crippen LogP contribution in [0.4, 0.5) is 0 Å². The van der Waals surface area contributed by atoms with Crippen molar-refractivity contribution >= 4 is 0 Å². The van der Waals surface area contributed by atoms with E-state index in [9.17, 15) is 0 Å². The van der Waals surface area contributed by atoms with E-state index in [-0.39, 0.29) is 6.61 Å². The second-order valence-electron chi connectivity index (χ2n) is 2.96. The number of aliphatic hydroxyl groups is 1. The highest BCUT2D eigenvalue weighted by Gasteiger charge is 1.93. The fourth-order valence-corrected chi connectivity index (χ4v) is 0.609. The van der Waals surface area contributed by atoms with Gasteiger partial charge in [0.25, 0.3) is 0 Å². The van der Waals surface area contributed by atoms with Gasteiger partial charge in [-0.15, -0.1) is 0 Å². The third-order valence-corrected chi connectivity index (χ3v) is 1.05. The van der Waals surface area contributed by atoms with Crippen molar-refractivity contribution in [3.8, 4) is 0 Å². The second kappa shape index (κ2) is 6.13. The summed E-state index contributed by atoms with van der Waals surface area (Å²) in [7, 11) is 6.00. The third kappa shape index (κ3) is 7.30. The molecule has 0 fully saturated rings. The van der Waals surface area contributed by atoms with Gasteiger partial charge in [-0.2, -0.15) is 0 Å². The molecule has 0 saturated heterocycles. The largest absolute Gasteiger partial charge is 0.392 e.